The molecular weight excluding hydrogens is 511 g/mol. The Morgan fingerprint density at radius 2 is 1.91 bits per heavy atom. The molecule has 0 amide bonds. The number of β-amino-alcohol motifs (C(OH)–C–C–N with tert-alkyl or cyclic N) is 1. The third-order valence-corrected chi connectivity index (χ3v) is 9.65. The minimum atomic E-state index is -4.77. The van der Waals surface area contributed by atoms with Crippen molar-refractivity contribution in [1.82, 2.24) is 9.29 Å². The fraction of sp³-hybridized carbons (Fsp3) is 0.333. The second kappa shape index (κ2) is 8.49. The van der Waals surface area contributed by atoms with Crippen LogP contribution in [0.15, 0.2) is 46.3 Å². The number of hydrogen-bond acceptors (Lipinski definition) is 8. The van der Waals surface area contributed by atoms with Crippen LogP contribution >= 0.6 is 11.6 Å². The normalized spacial score (nSPS) is 22.3. The number of sulfone groups is 1. The van der Waals surface area contributed by atoms with E-state index in [0.717, 1.165) is 18.3 Å². The molecule has 0 bridgehead atoms. The van der Waals surface area contributed by atoms with Crippen LogP contribution in [-0.4, -0.2) is 66.9 Å². The largest absolute Gasteiger partial charge is 0.416 e. The zero-order chi connectivity index (χ0) is 24.8. The summed E-state index contributed by atoms with van der Waals surface area (Å²) in [4.78, 5) is 2.49. The van der Waals surface area contributed by atoms with Crippen LogP contribution in [0.3, 0.4) is 0 Å². The standard InChI is InChI=1S/C18H15ClF3N3O6S2/c19-14-5-11(18(20,21)22)1-4-15(14)33(30,31)25-8-16(17(27,9-25)10-26)32(28,29)13-3-2-12(6-23)24-7-13/h1-5,7,16,26-27H,8-10H2/t16?,17-/m1/s1. The van der Waals surface area contributed by atoms with Gasteiger partial charge >= 0.3 is 6.18 Å². The molecule has 1 saturated heterocycles. The minimum absolute atomic E-state index is 0.0843. The van der Waals surface area contributed by atoms with E-state index < -0.39 is 77.0 Å². The highest BCUT2D eigenvalue weighted by molar-refractivity contribution is 7.92. The Bertz CT molecular complexity index is 1330. The second-order valence-corrected chi connectivity index (χ2v) is 11.7. The smallest absolute Gasteiger partial charge is 0.393 e. The fourth-order valence-electron chi connectivity index (χ4n) is 3.35. The summed E-state index contributed by atoms with van der Waals surface area (Å²) in [5, 5.41) is 26.7. The first-order chi connectivity index (χ1) is 15.2. The number of pyridine rings is 1. The van der Waals surface area contributed by atoms with Gasteiger partial charge in [0.15, 0.2) is 9.84 Å². The molecule has 0 spiro atoms. The van der Waals surface area contributed by atoms with Crippen molar-refractivity contribution < 1.29 is 40.2 Å². The average molecular weight is 526 g/mol. The highest BCUT2D eigenvalue weighted by Crippen LogP contribution is 2.38. The number of alkyl halides is 3. The number of rotatable bonds is 5. The molecule has 33 heavy (non-hydrogen) atoms. The molecule has 1 aromatic carbocycles. The zero-order valence-corrected chi connectivity index (χ0v) is 18.7. The van der Waals surface area contributed by atoms with Crippen molar-refractivity contribution >= 4 is 31.5 Å². The van der Waals surface area contributed by atoms with Gasteiger partial charge in [-0.15, -0.1) is 0 Å². The number of nitriles is 1. The van der Waals surface area contributed by atoms with Gasteiger partial charge in [-0.25, -0.2) is 21.8 Å². The molecule has 3 rings (SSSR count). The molecule has 0 radical (unpaired) electrons. The Morgan fingerprint density at radius 3 is 2.39 bits per heavy atom. The fourth-order valence-corrected chi connectivity index (χ4v) is 7.37. The summed E-state index contributed by atoms with van der Waals surface area (Å²) in [7, 11) is -9.12. The van der Waals surface area contributed by atoms with Gasteiger partial charge in [0.25, 0.3) is 0 Å². The molecule has 15 heteroatoms. The number of benzene rings is 1. The van der Waals surface area contributed by atoms with E-state index in [0.29, 0.717) is 22.5 Å². The van der Waals surface area contributed by atoms with Crippen LogP contribution < -0.4 is 0 Å². The van der Waals surface area contributed by atoms with E-state index in [4.69, 9.17) is 16.9 Å². The first-order valence-electron chi connectivity index (χ1n) is 8.97. The summed E-state index contributed by atoms with van der Waals surface area (Å²) >= 11 is 5.78. The predicted molar refractivity (Wildman–Crippen MR) is 107 cm³/mol. The van der Waals surface area contributed by atoms with Crippen molar-refractivity contribution in [3.05, 3.63) is 52.8 Å². The number of halogens is 4. The van der Waals surface area contributed by atoms with E-state index in [-0.39, 0.29) is 5.69 Å². The molecule has 2 atom stereocenters. The number of aliphatic hydroxyl groups excluding tert-OH is 1. The van der Waals surface area contributed by atoms with Crippen LogP contribution in [0.25, 0.3) is 0 Å². The van der Waals surface area contributed by atoms with Gasteiger partial charge < -0.3 is 10.2 Å². The van der Waals surface area contributed by atoms with Gasteiger partial charge in [-0.1, -0.05) is 11.6 Å². The third-order valence-electron chi connectivity index (χ3n) is 5.12. The first kappa shape index (κ1) is 25.3. The topological polar surface area (TPSA) is 149 Å². The maximum Gasteiger partial charge on any atom is 0.416 e. The Hall–Kier alpha value is -2.28. The minimum Gasteiger partial charge on any atom is -0.393 e. The molecule has 1 aliphatic rings. The summed E-state index contributed by atoms with van der Waals surface area (Å²) in [6.07, 6.45) is -3.92. The number of aromatic nitrogens is 1. The van der Waals surface area contributed by atoms with Gasteiger partial charge in [-0.05, 0) is 30.3 Å². The quantitative estimate of drug-likeness (QED) is 0.591. The SMILES string of the molecule is N#Cc1ccc(S(=O)(=O)C2CN(S(=O)(=O)c3ccc(C(F)(F)F)cc3Cl)C[C@@]2(O)CO)cn1. The van der Waals surface area contributed by atoms with Crippen LogP contribution in [0.1, 0.15) is 11.3 Å². The molecule has 0 saturated carbocycles. The summed E-state index contributed by atoms with van der Waals surface area (Å²) < 4.78 is 91.3. The molecule has 2 N–H and O–H groups in total. The van der Waals surface area contributed by atoms with Crippen LogP contribution in [0, 0.1) is 11.3 Å². The maximum atomic E-state index is 13.1. The molecule has 178 valence electrons. The lowest BCUT2D eigenvalue weighted by Crippen LogP contribution is -2.49. The Kier molecular flexibility index (Phi) is 6.52. The third kappa shape index (κ3) is 4.57. The zero-order valence-electron chi connectivity index (χ0n) is 16.4. The average Bonchev–Trinajstić information content (AvgIpc) is 3.12. The summed E-state index contributed by atoms with van der Waals surface area (Å²) in [5.41, 5.74) is -3.70. The number of hydrogen-bond donors (Lipinski definition) is 2. The second-order valence-electron chi connectivity index (χ2n) is 7.23. The Labute approximate surface area is 191 Å². The van der Waals surface area contributed by atoms with Crippen LogP contribution in [0.4, 0.5) is 13.2 Å². The van der Waals surface area contributed by atoms with Crippen molar-refractivity contribution in [3.8, 4) is 6.07 Å². The van der Waals surface area contributed by atoms with Gasteiger partial charge in [0.1, 0.15) is 27.5 Å². The number of nitrogens with zero attached hydrogens (tertiary/aromatic N) is 3. The lowest BCUT2D eigenvalue weighted by Gasteiger charge is -2.26. The molecule has 1 aromatic heterocycles. The van der Waals surface area contributed by atoms with Crippen molar-refractivity contribution in [3.63, 3.8) is 0 Å². The maximum absolute atomic E-state index is 13.1. The van der Waals surface area contributed by atoms with Gasteiger partial charge in [0.2, 0.25) is 10.0 Å². The lowest BCUT2D eigenvalue weighted by atomic mass is 10.1. The van der Waals surface area contributed by atoms with E-state index >= 15 is 0 Å². The lowest BCUT2D eigenvalue weighted by molar-refractivity contribution is -0.137. The van der Waals surface area contributed by atoms with Gasteiger partial charge in [0, 0.05) is 19.3 Å². The molecule has 1 unspecified atom stereocenters. The highest BCUT2D eigenvalue weighted by atomic mass is 35.5. The molecule has 2 aromatic rings. The van der Waals surface area contributed by atoms with E-state index in [1.54, 1.807) is 6.07 Å². The first-order valence-corrected chi connectivity index (χ1v) is 12.3. The van der Waals surface area contributed by atoms with Crippen molar-refractivity contribution in [2.24, 2.45) is 0 Å². The molecular formula is C18H15ClF3N3O6S2. The van der Waals surface area contributed by atoms with Crippen LogP contribution in [-0.2, 0) is 26.0 Å². The van der Waals surface area contributed by atoms with E-state index in [9.17, 15) is 40.2 Å². The van der Waals surface area contributed by atoms with E-state index in [1.807, 2.05) is 0 Å². The highest BCUT2D eigenvalue weighted by Gasteiger charge is 2.55. The Morgan fingerprint density at radius 1 is 1.24 bits per heavy atom. The number of aliphatic hydroxyl groups is 2. The van der Waals surface area contributed by atoms with Crippen molar-refractivity contribution in [1.29, 1.82) is 5.26 Å². The van der Waals surface area contributed by atoms with E-state index in [1.165, 1.54) is 0 Å². The van der Waals surface area contributed by atoms with Crippen LogP contribution in [0.5, 0.6) is 0 Å². The van der Waals surface area contributed by atoms with Gasteiger partial charge in [-0.2, -0.15) is 22.7 Å². The van der Waals surface area contributed by atoms with Crippen molar-refractivity contribution in [2.45, 2.75) is 26.8 Å². The summed E-state index contributed by atoms with van der Waals surface area (Å²) in [6.45, 7) is -2.82. The van der Waals surface area contributed by atoms with Crippen molar-refractivity contribution in [2.75, 3.05) is 19.7 Å². The summed E-state index contributed by atoms with van der Waals surface area (Å²) in [6, 6.07) is 5.40. The van der Waals surface area contributed by atoms with Gasteiger partial charge in [-0.3, -0.25) is 0 Å². The molecule has 2 heterocycles. The summed E-state index contributed by atoms with van der Waals surface area (Å²) in [5.74, 6) is 0. The Balaban J connectivity index is 2.01. The van der Waals surface area contributed by atoms with E-state index in [2.05, 4.69) is 4.98 Å². The van der Waals surface area contributed by atoms with Gasteiger partial charge in [0.05, 0.1) is 22.1 Å². The van der Waals surface area contributed by atoms with Crippen LogP contribution in [0.2, 0.25) is 5.02 Å². The molecule has 1 fully saturated rings. The predicted octanol–water partition coefficient (Wildman–Crippen LogP) is 1.20. The monoisotopic (exact) mass is 525 g/mol. The molecule has 9 nitrogen and oxygen atoms in total. The molecule has 1 aliphatic heterocycles. The molecule has 0 aliphatic carbocycles. The number of sulfonamides is 1.